The van der Waals surface area contributed by atoms with Crippen LogP contribution in [0.3, 0.4) is 0 Å². The van der Waals surface area contributed by atoms with Crippen LogP contribution in [0.1, 0.15) is 35.2 Å². The number of halogens is 3. The minimum Gasteiger partial charge on any atom is -0.474 e. The number of rotatable bonds is 6. The topological polar surface area (TPSA) is 129 Å². The van der Waals surface area contributed by atoms with Gasteiger partial charge in [-0.2, -0.15) is 18.2 Å². The van der Waals surface area contributed by atoms with Crippen molar-refractivity contribution in [2.24, 2.45) is 0 Å². The van der Waals surface area contributed by atoms with Crippen LogP contribution in [0.15, 0.2) is 41.6 Å². The monoisotopic (exact) mass is 583 g/mol. The van der Waals surface area contributed by atoms with Gasteiger partial charge in [0.05, 0.1) is 24.0 Å². The second-order valence-corrected chi connectivity index (χ2v) is 10.5. The van der Waals surface area contributed by atoms with Crippen molar-refractivity contribution < 1.29 is 27.4 Å². The van der Waals surface area contributed by atoms with Gasteiger partial charge in [0.1, 0.15) is 23.1 Å². The number of H-pyrrole nitrogens is 2. The van der Waals surface area contributed by atoms with Crippen molar-refractivity contribution in [1.82, 2.24) is 34.7 Å². The molecule has 4 aromatic heterocycles. The molecule has 0 saturated carbocycles. The summed E-state index contributed by atoms with van der Waals surface area (Å²) in [6.07, 6.45) is 0.625. The summed E-state index contributed by atoms with van der Waals surface area (Å²) in [7, 11) is 1.95. The van der Waals surface area contributed by atoms with Gasteiger partial charge in [0.15, 0.2) is 0 Å². The van der Waals surface area contributed by atoms with Gasteiger partial charge in [0, 0.05) is 49.9 Å². The Morgan fingerprint density at radius 1 is 1.17 bits per heavy atom. The van der Waals surface area contributed by atoms with Crippen molar-refractivity contribution in [3.63, 3.8) is 0 Å². The van der Waals surface area contributed by atoms with E-state index in [1.54, 1.807) is 24.5 Å². The number of fused-ring (bicyclic) bond motifs is 2. The molecule has 0 unspecified atom stereocenters. The van der Waals surface area contributed by atoms with E-state index in [0.29, 0.717) is 40.9 Å². The van der Waals surface area contributed by atoms with Gasteiger partial charge in [-0.15, -0.1) is 0 Å². The lowest BCUT2D eigenvalue weighted by Gasteiger charge is -2.29. The summed E-state index contributed by atoms with van der Waals surface area (Å²) < 4.78 is 53.3. The molecular weight excluding hydrogens is 555 g/mol. The molecule has 4 aromatic rings. The highest BCUT2D eigenvalue weighted by Gasteiger charge is 2.37. The lowest BCUT2D eigenvalue weighted by atomic mass is 10.0. The molecule has 2 aliphatic heterocycles. The lowest BCUT2D eigenvalue weighted by Crippen LogP contribution is -2.39. The van der Waals surface area contributed by atoms with Gasteiger partial charge < -0.3 is 24.3 Å². The molecule has 0 aromatic carbocycles. The Balaban J connectivity index is 1.17. The Kier molecular flexibility index (Phi) is 7.31. The first-order chi connectivity index (χ1) is 20.1. The van der Waals surface area contributed by atoms with Crippen LogP contribution in [-0.4, -0.2) is 73.4 Å². The third kappa shape index (κ3) is 5.79. The van der Waals surface area contributed by atoms with Crippen LogP contribution < -0.4 is 15.0 Å². The summed E-state index contributed by atoms with van der Waals surface area (Å²) in [5.41, 5.74) is 0.145. The molecule has 0 bridgehead atoms. The van der Waals surface area contributed by atoms with Crippen LogP contribution in [0.2, 0.25) is 0 Å². The van der Waals surface area contributed by atoms with Crippen molar-refractivity contribution in [2.75, 3.05) is 26.7 Å². The number of aromatic nitrogens is 5. The molecule has 0 atom stereocenters. The molecule has 42 heavy (non-hydrogen) atoms. The second-order valence-electron chi connectivity index (χ2n) is 10.5. The maximum absolute atomic E-state index is 13.9. The van der Waals surface area contributed by atoms with Gasteiger partial charge in [-0.25, -0.2) is 9.97 Å². The number of hydrogen-bond acceptors (Lipinski definition) is 8. The van der Waals surface area contributed by atoms with Crippen LogP contribution in [0.25, 0.3) is 11.0 Å². The number of carbonyl (C=O) groups is 1. The van der Waals surface area contributed by atoms with Crippen molar-refractivity contribution in [3.05, 3.63) is 69.5 Å². The van der Waals surface area contributed by atoms with Gasteiger partial charge in [0.2, 0.25) is 11.8 Å². The lowest BCUT2D eigenvalue weighted by molar-refractivity contribution is -0.140. The number of carbonyl (C=O) groups excluding carboxylic acids is 1. The minimum absolute atomic E-state index is 0.0151. The number of alkyl halides is 3. The summed E-state index contributed by atoms with van der Waals surface area (Å²) >= 11 is 0. The smallest absolute Gasteiger partial charge is 0.421 e. The zero-order chi connectivity index (χ0) is 29.4. The van der Waals surface area contributed by atoms with Crippen molar-refractivity contribution in [2.45, 2.75) is 44.5 Å². The predicted molar refractivity (Wildman–Crippen MR) is 144 cm³/mol. The number of amides is 1. The van der Waals surface area contributed by atoms with E-state index >= 15 is 0 Å². The molecule has 2 aliphatic rings. The van der Waals surface area contributed by atoms with E-state index in [2.05, 4.69) is 29.8 Å². The van der Waals surface area contributed by atoms with E-state index in [-0.39, 0.29) is 49.2 Å². The van der Waals surface area contributed by atoms with Crippen LogP contribution in [0.4, 0.5) is 13.2 Å². The predicted octanol–water partition coefficient (Wildman–Crippen LogP) is 3.45. The molecule has 0 aliphatic carbocycles. The first-order valence-corrected chi connectivity index (χ1v) is 13.5. The number of nitrogens with zero attached hydrogens (tertiary/aromatic N) is 5. The Hall–Kier alpha value is -4.46. The zero-order valence-corrected chi connectivity index (χ0v) is 22.7. The molecule has 2 N–H and O–H groups in total. The van der Waals surface area contributed by atoms with Crippen LogP contribution in [0.5, 0.6) is 17.6 Å². The Labute approximate surface area is 237 Å². The largest absolute Gasteiger partial charge is 0.474 e. The van der Waals surface area contributed by atoms with E-state index in [9.17, 15) is 22.8 Å². The van der Waals surface area contributed by atoms with E-state index in [0.717, 1.165) is 19.2 Å². The van der Waals surface area contributed by atoms with Gasteiger partial charge in [-0.3, -0.25) is 14.6 Å². The SMILES string of the molecule is CN1CCC(Oc2ncc(CC(=O)N3CCc4c(nc(Oc5ccnc6[nH]ccc56)[nH]c4=O)C3)cc2C(F)(F)F)CC1. The van der Waals surface area contributed by atoms with Gasteiger partial charge in [0.25, 0.3) is 5.56 Å². The summed E-state index contributed by atoms with van der Waals surface area (Å²) in [6.45, 7) is 1.70. The Morgan fingerprint density at radius 3 is 2.76 bits per heavy atom. The maximum atomic E-state index is 13.9. The fourth-order valence-corrected chi connectivity index (χ4v) is 5.24. The number of likely N-dealkylation sites (tertiary alicyclic amines) is 1. The first-order valence-electron chi connectivity index (χ1n) is 13.5. The minimum atomic E-state index is -4.70. The van der Waals surface area contributed by atoms with E-state index in [4.69, 9.17) is 9.47 Å². The second kappa shape index (κ2) is 11.1. The third-order valence-corrected chi connectivity index (χ3v) is 7.54. The van der Waals surface area contributed by atoms with Crippen LogP contribution in [0, 0.1) is 0 Å². The summed E-state index contributed by atoms with van der Waals surface area (Å²) in [4.78, 5) is 47.7. The number of hydrogen-bond donors (Lipinski definition) is 2. The van der Waals surface area contributed by atoms with Gasteiger partial charge >= 0.3 is 12.2 Å². The molecule has 6 heterocycles. The summed E-state index contributed by atoms with van der Waals surface area (Å²) in [6, 6.07) is 4.30. The molecule has 220 valence electrons. The number of nitrogens with one attached hydrogen (secondary N) is 2. The number of ether oxygens (including phenoxy) is 2. The zero-order valence-electron chi connectivity index (χ0n) is 22.7. The normalized spacial score (nSPS) is 16.4. The Morgan fingerprint density at radius 2 is 1.98 bits per heavy atom. The van der Waals surface area contributed by atoms with E-state index < -0.39 is 23.5 Å². The molecule has 0 radical (unpaired) electrons. The first kappa shape index (κ1) is 27.7. The van der Waals surface area contributed by atoms with Crippen molar-refractivity contribution >= 4 is 16.9 Å². The average Bonchev–Trinajstić information content (AvgIpc) is 3.44. The molecule has 11 nitrogen and oxygen atoms in total. The van der Waals surface area contributed by atoms with E-state index in [1.165, 1.54) is 11.1 Å². The molecule has 6 rings (SSSR count). The molecule has 0 spiro atoms. The maximum Gasteiger partial charge on any atom is 0.421 e. The quantitative estimate of drug-likeness (QED) is 0.353. The highest BCUT2D eigenvalue weighted by atomic mass is 19.4. The highest BCUT2D eigenvalue weighted by Crippen LogP contribution is 2.37. The van der Waals surface area contributed by atoms with Crippen molar-refractivity contribution in [1.29, 1.82) is 0 Å². The average molecular weight is 584 g/mol. The number of pyridine rings is 2. The molecule has 1 saturated heterocycles. The molecule has 1 fully saturated rings. The van der Waals surface area contributed by atoms with Crippen LogP contribution >= 0.6 is 0 Å². The standard InChI is InChI=1S/C28H28F3N7O4/c1-37-9-4-17(5-10-37)41-26-20(28(29,30)31)12-16(14-34-26)13-23(39)38-11-6-18-21(15-38)35-27(36-25(18)40)42-22-3-8-33-24-19(22)2-7-32-24/h2-3,7-8,12,14,17H,4-6,9-11,13,15H2,1H3,(H,32,33)(H,35,36,40). The van der Waals surface area contributed by atoms with Crippen LogP contribution in [-0.2, 0) is 30.4 Å². The fraction of sp³-hybridized carbons (Fsp3) is 0.393. The fourth-order valence-electron chi connectivity index (χ4n) is 5.24. The third-order valence-electron chi connectivity index (χ3n) is 7.54. The number of aromatic amines is 2. The molecule has 1 amide bonds. The van der Waals surface area contributed by atoms with Gasteiger partial charge in [-0.05, 0) is 44.0 Å². The van der Waals surface area contributed by atoms with Crippen molar-refractivity contribution in [3.8, 4) is 17.6 Å². The summed E-state index contributed by atoms with van der Waals surface area (Å²) in [5, 5.41) is 0.698. The van der Waals surface area contributed by atoms with E-state index in [1.807, 2.05) is 7.05 Å². The molecule has 14 heteroatoms. The number of piperidine rings is 1. The Bertz CT molecular complexity index is 1680. The highest BCUT2D eigenvalue weighted by molar-refractivity contribution is 5.82. The van der Waals surface area contributed by atoms with Gasteiger partial charge in [-0.1, -0.05) is 0 Å². The molecular formula is C28H28F3N7O4. The summed E-state index contributed by atoms with van der Waals surface area (Å²) in [5.74, 6) is -0.446.